The van der Waals surface area contributed by atoms with Gasteiger partial charge in [-0.3, -0.25) is 13.9 Å². The van der Waals surface area contributed by atoms with Crippen LogP contribution in [0.4, 0.5) is 5.69 Å². The summed E-state index contributed by atoms with van der Waals surface area (Å²) < 4.78 is 33.8. The fraction of sp³-hybridized carbons (Fsp3) is 0.286. The lowest BCUT2D eigenvalue weighted by molar-refractivity contribution is -0.139. The van der Waals surface area contributed by atoms with Crippen molar-refractivity contribution in [2.75, 3.05) is 18.0 Å². The Bertz CT molecular complexity index is 1400. The summed E-state index contributed by atoms with van der Waals surface area (Å²) in [6.45, 7) is 4.65. The largest absolute Gasteiger partial charge is 0.497 e. The number of amides is 2. The lowest BCUT2D eigenvalue weighted by atomic mass is 10.1. The van der Waals surface area contributed by atoms with Crippen LogP contribution in [0.15, 0.2) is 77.7 Å². The first-order chi connectivity index (χ1) is 18.4. The maximum atomic E-state index is 13.9. The van der Waals surface area contributed by atoms with Crippen molar-refractivity contribution < 1.29 is 22.7 Å². The summed E-state index contributed by atoms with van der Waals surface area (Å²) in [4.78, 5) is 28.1. The first kappa shape index (κ1) is 30.3. The molecule has 1 atom stereocenters. The highest BCUT2D eigenvalue weighted by Gasteiger charge is 2.33. The molecule has 0 spiro atoms. The fourth-order valence-corrected chi connectivity index (χ4v) is 5.54. The van der Waals surface area contributed by atoms with Crippen molar-refractivity contribution in [3.8, 4) is 5.75 Å². The van der Waals surface area contributed by atoms with Crippen molar-refractivity contribution in [1.29, 1.82) is 0 Å². The Balaban J connectivity index is 2.04. The van der Waals surface area contributed by atoms with E-state index in [2.05, 4.69) is 5.32 Å². The van der Waals surface area contributed by atoms with Gasteiger partial charge in [-0.2, -0.15) is 0 Å². The highest BCUT2D eigenvalue weighted by molar-refractivity contribution is 7.92. The van der Waals surface area contributed by atoms with Crippen LogP contribution in [0.2, 0.25) is 10.0 Å². The summed E-state index contributed by atoms with van der Waals surface area (Å²) in [5, 5.41) is 3.64. The van der Waals surface area contributed by atoms with Crippen molar-refractivity contribution in [3.63, 3.8) is 0 Å². The number of methoxy groups -OCH3 is 1. The van der Waals surface area contributed by atoms with Crippen molar-refractivity contribution in [3.05, 3.63) is 88.4 Å². The molecule has 39 heavy (non-hydrogen) atoms. The molecule has 0 heterocycles. The minimum Gasteiger partial charge on any atom is -0.497 e. The zero-order chi connectivity index (χ0) is 28.7. The van der Waals surface area contributed by atoms with E-state index in [1.807, 2.05) is 13.8 Å². The summed E-state index contributed by atoms with van der Waals surface area (Å²) in [5.74, 6) is -0.478. The van der Waals surface area contributed by atoms with E-state index in [-0.39, 0.29) is 29.1 Å². The number of benzene rings is 3. The molecule has 0 bridgehead atoms. The number of halogens is 2. The van der Waals surface area contributed by atoms with E-state index in [1.165, 1.54) is 60.5 Å². The van der Waals surface area contributed by atoms with E-state index < -0.39 is 28.5 Å². The van der Waals surface area contributed by atoms with Gasteiger partial charge in [0.1, 0.15) is 18.3 Å². The number of hydrogen-bond acceptors (Lipinski definition) is 5. The van der Waals surface area contributed by atoms with E-state index in [0.29, 0.717) is 21.4 Å². The zero-order valence-electron chi connectivity index (χ0n) is 22.1. The first-order valence-electron chi connectivity index (χ1n) is 12.2. The van der Waals surface area contributed by atoms with E-state index in [1.54, 1.807) is 31.2 Å². The number of sulfonamides is 1. The van der Waals surface area contributed by atoms with E-state index in [4.69, 9.17) is 27.9 Å². The summed E-state index contributed by atoms with van der Waals surface area (Å²) in [5.41, 5.74) is 0.855. The molecule has 2 amide bonds. The van der Waals surface area contributed by atoms with Gasteiger partial charge in [-0.25, -0.2) is 8.42 Å². The second kappa shape index (κ2) is 13.2. The predicted molar refractivity (Wildman–Crippen MR) is 154 cm³/mol. The summed E-state index contributed by atoms with van der Waals surface area (Å²) >= 11 is 12.4. The van der Waals surface area contributed by atoms with Gasteiger partial charge in [0.2, 0.25) is 11.8 Å². The molecule has 0 aliphatic carbocycles. The highest BCUT2D eigenvalue weighted by atomic mass is 35.5. The SMILES string of the molecule is COc1ccc(S(=O)(=O)N(CC(=O)N(Cc2ccccc2Cl)C(C)C(=O)NC(C)C)c2ccc(Cl)cc2)cc1. The molecule has 0 aromatic heterocycles. The van der Waals surface area contributed by atoms with Crippen LogP contribution in [0.3, 0.4) is 0 Å². The van der Waals surface area contributed by atoms with Gasteiger partial charge in [0.25, 0.3) is 10.0 Å². The average Bonchev–Trinajstić information content (AvgIpc) is 2.91. The molecular formula is C28H31Cl2N3O5S. The predicted octanol–water partition coefficient (Wildman–Crippen LogP) is 5.14. The summed E-state index contributed by atoms with van der Waals surface area (Å²) in [6.07, 6.45) is 0. The Morgan fingerprint density at radius 1 is 0.923 bits per heavy atom. The third-order valence-corrected chi connectivity index (χ3v) is 8.35. The molecule has 1 unspecified atom stereocenters. The number of hydrogen-bond donors (Lipinski definition) is 1. The standard InChI is InChI=1S/C28H31Cl2N3O5S/c1-19(2)31-28(35)20(3)32(17-21-7-5-6-8-26(21)30)27(34)18-33(23-11-9-22(29)10-12-23)39(36,37)25-15-13-24(38-4)14-16-25/h5-16,19-20H,17-18H2,1-4H3,(H,31,35). The Kier molecular flexibility index (Phi) is 10.2. The summed E-state index contributed by atoms with van der Waals surface area (Å²) in [7, 11) is -2.73. The van der Waals surface area contributed by atoms with Gasteiger partial charge in [-0.05, 0) is 80.9 Å². The Morgan fingerprint density at radius 2 is 1.54 bits per heavy atom. The summed E-state index contributed by atoms with van der Waals surface area (Å²) in [6, 6.07) is 17.9. The Hall–Kier alpha value is -3.27. The van der Waals surface area contributed by atoms with Crippen LogP contribution < -0.4 is 14.4 Å². The van der Waals surface area contributed by atoms with Gasteiger partial charge in [-0.15, -0.1) is 0 Å². The van der Waals surface area contributed by atoms with Crippen LogP contribution >= 0.6 is 23.2 Å². The van der Waals surface area contributed by atoms with Gasteiger partial charge in [0, 0.05) is 22.6 Å². The lowest BCUT2D eigenvalue weighted by Gasteiger charge is -2.32. The number of carbonyl (C=O) groups is 2. The molecule has 0 saturated heterocycles. The molecule has 11 heteroatoms. The van der Waals surface area contributed by atoms with Crippen LogP contribution in [-0.4, -0.2) is 50.9 Å². The second-order valence-corrected chi connectivity index (χ2v) is 11.8. The van der Waals surface area contributed by atoms with Gasteiger partial charge >= 0.3 is 0 Å². The number of carbonyl (C=O) groups excluding carboxylic acids is 2. The zero-order valence-corrected chi connectivity index (χ0v) is 24.4. The second-order valence-electron chi connectivity index (χ2n) is 9.12. The van der Waals surface area contributed by atoms with Gasteiger partial charge in [0.05, 0.1) is 17.7 Å². The lowest BCUT2D eigenvalue weighted by Crippen LogP contribution is -2.52. The molecule has 0 aliphatic heterocycles. The van der Waals surface area contributed by atoms with Crippen LogP contribution in [0.5, 0.6) is 5.75 Å². The van der Waals surface area contributed by atoms with Crippen molar-refractivity contribution in [2.24, 2.45) is 0 Å². The van der Waals surface area contributed by atoms with E-state index in [0.717, 1.165) is 4.31 Å². The highest BCUT2D eigenvalue weighted by Crippen LogP contribution is 2.27. The topological polar surface area (TPSA) is 96.0 Å². The Morgan fingerprint density at radius 3 is 2.10 bits per heavy atom. The number of nitrogens with one attached hydrogen (secondary N) is 1. The Labute approximate surface area is 239 Å². The first-order valence-corrected chi connectivity index (χ1v) is 14.4. The number of ether oxygens (including phenoxy) is 1. The molecule has 208 valence electrons. The van der Waals surface area contributed by atoms with Gasteiger partial charge < -0.3 is 15.0 Å². The number of anilines is 1. The van der Waals surface area contributed by atoms with Crippen molar-refractivity contribution in [1.82, 2.24) is 10.2 Å². The monoisotopic (exact) mass is 591 g/mol. The number of rotatable bonds is 11. The molecule has 8 nitrogen and oxygen atoms in total. The van der Waals surface area contributed by atoms with Crippen molar-refractivity contribution >= 4 is 50.7 Å². The maximum absolute atomic E-state index is 13.9. The molecule has 0 fully saturated rings. The molecule has 0 radical (unpaired) electrons. The van der Waals surface area contributed by atoms with Crippen LogP contribution in [0.25, 0.3) is 0 Å². The molecule has 3 rings (SSSR count). The quantitative estimate of drug-likeness (QED) is 0.333. The van der Waals surface area contributed by atoms with Crippen molar-refractivity contribution in [2.45, 2.75) is 44.3 Å². The molecular weight excluding hydrogens is 561 g/mol. The molecule has 3 aromatic rings. The maximum Gasteiger partial charge on any atom is 0.264 e. The van der Waals surface area contributed by atoms with Crippen LogP contribution in [-0.2, 0) is 26.2 Å². The molecule has 0 saturated carbocycles. The van der Waals surface area contributed by atoms with E-state index in [9.17, 15) is 18.0 Å². The van der Waals surface area contributed by atoms with Gasteiger partial charge in [-0.1, -0.05) is 41.4 Å². The fourth-order valence-electron chi connectivity index (χ4n) is 3.81. The minimum atomic E-state index is -4.21. The number of nitrogens with zero attached hydrogens (tertiary/aromatic N) is 2. The average molecular weight is 593 g/mol. The van der Waals surface area contributed by atoms with Gasteiger partial charge in [0.15, 0.2) is 0 Å². The van der Waals surface area contributed by atoms with E-state index >= 15 is 0 Å². The molecule has 0 aliphatic rings. The normalized spacial score (nSPS) is 12.1. The molecule has 1 N–H and O–H groups in total. The van der Waals surface area contributed by atoms with Crippen LogP contribution in [0, 0.1) is 0 Å². The molecule has 3 aromatic carbocycles. The minimum absolute atomic E-state index is 0.00221. The smallest absolute Gasteiger partial charge is 0.264 e. The van der Waals surface area contributed by atoms with Crippen LogP contribution in [0.1, 0.15) is 26.3 Å². The third-order valence-electron chi connectivity index (χ3n) is 5.94. The third kappa shape index (κ3) is 7.65.